The third kappa shape index (κ3) is 13.3. The SMILES string of the molecule is [CH]=C=CCCCCCCC=CCCCCC. The first-order valence-corrected chi connectivity index (χ1v) is 6.84. The lowest BCUT2D eigenvalue weighted by Gasteiger charge is -1.96. The molecule has 0 spiro atoms. The second kappa shape index (κ2) is 14.3. The minimum absolute atomic E-state index is 1.09. The molecule has 0 nitrogen and oxygen atoms in total. The molecule has 0 heterocycles. The first-order valence-electron chi connectivity index (χ1n) is 6.84. The van der Waals surface area contributed by atoms with E-state index < -0.39 is 0 Å². The van der Waals surface area contributed by atoms with Crippen molar-refractivity contribution >= 4 is 0 Å². The van der Waals surface area contributed by atoms with Crippen molar-refractivity contribution in [2.75, 3.05) is 0 Å². The summed E-state index contributed by atoms with van der Waals surface area (Å²) in [6.45, 7) is 7.40. The van der Waals surface area contributed by atoms with Crippen LogP contribution in [0.2, 0.25) is 0 Å². The normalized spacial score (nSPS) is 10.6. The third-order valence-corrected chi connectivity index (χ3v) is 2.73. The van der Waals surface area contributed by atoms with Gasteiger partial charge in [0.25, 0.3) is 0 Å². The van der Waals surface area contributed by atoms with Gasteiger partial charge in [-0.15, -0.1) is 5.73 Å². The molecule has 16 heavy (non-hydrogen) atoms. The number of unbranched alkanes of at least 4 members (excludes halogenated alkanes) is 8. The molecule has 1 radical (unpaired) electrons. The Kier molecular flexibility index (Phi) is 13.6. The highest BCUT2D eigenvalue weighted by atomic mass is 13.9. The molecule has 0 N–H and O–H groups in total. The molecule has 0 aliphatic heterocycles. The molecule has 0 bridgehead atoms. The summed E-state index contributed by atoms with van der Waals surface area (Å²) in [6.07, 6.45) is 19.5. The van der Waals surface area contributed by atoms with Crippen molar-refractivity contribution in [1.82, 2.24) is 0 Å². The van der Waals surface area contributed by atoms with Gasteiger partial charge in [0.05, 0.1) is 0 Å². The third-order valence-electron chi connectivity index (χ3n) is 2.73. The molecule has 0 rings (SSSR count). The summed E-state index contributed by atoms with van der Waals surface area (Å²) in [4.78, 5) is 0. The summed E-state index contributed by atoms with van der Waals surface area (Å²) in [5, 5.41) is 0. The molecular formula is C16H27. The number of rotatable bonds is 11. The number of hydrogen-bond donors (Lipinski definition) is 0. The van der Waals surface area contributed by atoms with E-state index in [-0.39, 0.29) is 0 Å². The quantitative estimate of drug-likeness (QED) is 0.241. The van der Waals surface area contributed by atoms with E-state index in [1.54, 1.807) is 0 Å². The van der Waals surface area contributed by atoms with Crippen LogP contribution in [-0.2, 0) is 0 Å². The molecule has 0 saturated carbocycles. The standard InChI is InChI=1S/C16H27/c1-3-5-7-9-11-13-15-16-14-12-10-8-6-4-2/h1,5,12,14H,4,6-11,13,15-16H2,2H3. The van der Waals surface area contributed by atoms with Gasteiger partial charge in [-0.25, -0.2) is 0 Å². The predicted octanol–water partition coefficient (Wildman–Crippen LogP) is 5.61. The molecule has 0 aliphatic carbocycles. The van der Waals surface area contributed by atoms with Gasteiger partial charge in [0.2, 0.25) is 0 Å². The van der Waals surface area contributed by atoms with Gasteiger partial charge in [0.15, 0.2) is 0 Å². The van der Waals surface area contributed by atoms with Gasteiger partial charge in [-0.05, 0) is 51.2 Å². The highest BCUT2D eigenvalue weighted by Crippen LogP contribution is 2.07. The van der Waals surface area contributed by atoms with E-state index in [2.05, 4.69) is 24.8 Å². The maximum atomic E-state index is 5.14. The smallest absolute Gasteiger partial charge is 0.0126 e. The van der Waals surface area contributed by atoms with Crippen LogP contribution in [0.4, 0.5) is 0 Å². The lowest BCUT2D eigenvalue weighted by Crippen LogP contribution is -1.77. The van der Waals surface area contributed by atoms with Gasteiger partial charge in [0.1, 0.15) is 0 Å². The lowest BCUT2D eigenvalue weighted by atomic mass is 10.1. The zero-order chi connectivity index (χ0) is 11.9. The fourth-order valence-corrected chi connectivity index (χ4v) is 1.69. The van der Waals surface area contributed by atoms with E-state index in [1.807, 2.05) is 6.08 Å². The Morgan fingerprint density at radius 1 is 0.812 bits per heavy atom. The van der Waals surface area contributed by atoms with Crippen LogP contribution in [0, 0.1) is 6.58 Å². The number of hydrogen-bond acceptors (Lipinski definition) is 0. The van der Waals surface area contributed by atoms with Crippen LogP contribution in [0.25, 0.3) is 0 Å². The van der Waals surface area contributed by atoms with Crippen LogP contribution in [0.5, 0.6) is 0 Å². The van der Waals surface area contributed by atoms with Gasteiger partial charge in [-0.1, -0.05) is 44.8 Å². The first-order chi connectivity index (χ1) is 7.91. The first kappa shape index (κ1) is 15.3. The Hall–Kier alpha value is -0.740. The molecule has 91 valence electrons. The average Bonchev–Trinajstić information content (AvgIpc) is 2.31. The molecule has 0 unspecified atom stereocenters. The second-order valence-corrected chi connectivity index (χ2v) is 4.33. The van der Waals surface area contributed by atoms with E-state index in [0.29, 0.717) is 0 Å². The zero-order valence-corrected chi connectivity index (χ0v) is 10.9. The summed E-state index contributed by atoms with van der Waals surface area (Å²) < 4.78 is 0. The topological polar surface area (TPSA) is 0 Å². The van der Waals surface area contributed by atoms with Gasteiger partial charge >= 0.3 is 0 Å². The highest BCUT2D eigenvalue weighted by Gasteiger charge is 1.87. The van der Waals surface area contributed by atoms with Gasteiger partial charge in [-0.2, -0.15) is 0 Å². The fraction of sp³-hybridized carbons (Fsp3) is 0.688. The molecule has 0 aromatic heterocycles. The van der Waals surface area contributed by atoms with E-state index in [1.165, 1.54) is 57.8 Å². The molecule has 0 fully saturated rings. The molecule has 0 aliphatic rings. The molecule has 0 aromatic rings. The van der Waals surface area contributed by atoms with Crippen LogP contribution in [0.15, 0.2) is 24.0 Å². The van der Waals surface area contributed by atoms with Crippen molar-refractivity contribution in [3.8, 4) is 0 Å². The zero-order valence-electron chi connectivity index (χ0n) is 10.9. The van der Waals surface area contributed by atoms with Crippen LogP contribution in [0.3, 0.4) is 0 Å². The Labute approximate surface area is 102 Å². The molecule has 0 amide bonds. The van der Waals surface area contributed by atoms with Crippen molar-refractivity contribution in [1.29, 1.82) is 0 Å². The largest absolute Gasteiger partial charge is 0.125 e. The molecule has 0 aromatic carbocycles. The van der Waals surface area contributed by atoms with E-state index >= 15 is 0 Å². The monoisotopic (exact) mass is 219 g/mol. The summed E-state index contributed by atoms with van der Waals surface area (Å²) in [6, 6.07) is 0. The summed E-state index contributed by atoms with van der Waals surface area (Å²) in [5.74, 6) is 0. The summed E-state index contributed by atoms with van der Waals surface area (Å²) >= 11 is 0. The Bertz CT molecular complexity index is 194. The van der Waals surface area contributed by atoms with Crippen LogP contribution >= 0.6 is 0 Å². The van der Waals surface area contributed by atoms with Crippen molar-refractivity contribution in [3.63, 3.8) is 0 Å². The summed E-state index contributed by atoms with van der Waals surface area (Å²) in [5.41, 5.74) is 2.57. The predicted molar refractivity (Wildman–Crippen MR) is 73.4 cm³/mol. The van der Waals surface area contributed by atoms with Crippen molar-refractivity contribution in [2.45, 2.75) is 71.1 Å². The van der Waals surface area contributed by atoms with Crippen molar-refractivity contribution < 1.29 is 0 Å². The maximum Gasteiger partial charge on any atom is -0.0126 e. The Morgan fingerprint density at radius 2 is 1.38 bits per heavy atom. The summed E-state index contributed by atoms with van der Waals surface area (Å²) in [7, 11) is 0. The fourth-order valence-electron chi connectivity index (χ4n) is 1.69. The van der Waals surface area contributed by atoms with Gasteiger partial charge < -0.3 is 0 Å². The van der Waals surface area contributed by atoms with Gasteiger partial charge in [0, 0.05) is 0 Å². The van der Waals surface area contributed by atoms with E-state index in [4.69, 9.17) is 6.58 Å². The van der Waals surface area contributed by atoms with E-state index in [0.717, 1.165) is 6.42 Å². The second-order valence-electron chi connectivity index (χ2n) is 4.33. The molecule has 0 saturated heterocycles. The van der Waals surface area contributed by atoms with Crippen LogP contribution < -0.4 is 0 Å². The van der Waals surface area contributed by atoms with Crippen molar-refractivity contribution in [3.05, 3.63) is 30.5 Å². The van der Waals surface area contributed by atoms with Crippen molar-refractivity contribution in [2.24, 2.45) is 0 Å². The minimum Gasteiger partial charge on any atom is -0.125 e. The Balaban J connectivity index is 3.05. The van der Waals surface area contributed by atoms with Gasteiger partial charge in [-0.3, -0.25) is 0 Å². The minimum atomic E-state index is 1.09. The van der Waals surface area contributed by atoms with Crippen LogP contribution in [-0.4, -0.2) is 0 Å². The van der Waals surface area contributed by atoms with Crippen LogP contribution in [0.1, 0.15) is 71.1 Å². The van der Waals surface area contributed by atoms with E-state index in [9.17, 15) is 0 Å². The molecule has 0 heteroatoms. The highest BCUT2D eigenvalue weighted by molar-refractivity contribution is 4.81. The lowest BCUT2D eigenvalue weighted by molar-refractivity contribution is 0.651. The number of allylic oxidation sites excluding steroid dienone is 3. The molecular weight excluding hydrogens is 192 g/mol. The average molecular weight is 219 g/mol. The Morgan fingerprint density at radius 3 is 1.94 bits per heavy atom. The maximum absolute atomic E-state index is 5.14. The molecule has 0 atom stereocenters.